The first-order valence-electron chi connectivity index (χ1n) is 4.14. The van der Waals surface area contributed by atoms with E-state index in [4.69, 9.17) is 0 Å². The van der Waals surface area contributed by atoms with Crippen LogP contribution < -0.4 is 0 Å². The van der Waals surface area contributed by atoms with E-state index in [-0.39, 0.29) is 6.10 Å². The van der Waals surface area contributed by atoms with Crippen LogP contribution in [0.15, 0.2) is 12.2 Å². The third kappa shape index (κ3) is 0.807. The average molecular weight is 138 g/mol. The molecule has 0 radical (unpaired) electrons. The lowest BCUT2D eigenvalue weighted by molar-refractivity contribution is 0.111. The van der Waals surface area contributed by atoms with Gasteiger partial charge in [-0.1, -0.05) is 12.2 Å². The van der Waals surface area contributed by atoms with Gasteiger partial charge in [-0.15, -0.1) is 0 Å². The summed E-state index contributed by atoms with van der Waals surface area (Å²) in [5, 5.41) is 9.34. The van der Waals surface area contributed by atoms with Crippen LogP contribution >= 0.6 is 0 Å². The van der Waals surface area contributed by atoms with Crippen LogP contribution in [-0.2, 0) is 0 Å². The summed E-state index contributed by atoms with van der Waals surface area (Å²) < 4.78 is 0. The molecule has 0 aromatic rings. The van der Waals surface area contributed by atoms with E-state index in [9.17, 15) is 5.11 Å². The fourth-order valence-electron chi connectivity index (χ4n) is 2.38. The second kappa shape index (κ2) is 2.09. The normalized spacial score (nSPS) is 46.4. The van der Waals surface area contributed by atoms with Gasteiger partial charge >= 0.3 is 0 Å². The highest BCUT2D eigenvalue weighted by Gasteiger charge is 2.37. The summed E-state index contributed by atoms with van der Waals surface area (Å²) in [6, 6.07) is 0. The quantitative estimate of drug-likeness (QED) is 0.545. The lowest BCUT2D eigenvalue weighted by atomic mass is 9.89. The number of fused-ring (bicyclic) bond motifs is 2. The molecule has 0 saturated heterocycles. The number of rotatable bonds is 1. The Morgan fingerprint density at radius 3 is 2.50 bits per heavy atom. The summed E-state index contributed by atoms with van der Waals surface area (Å²) in [5.41, 5.74) is 0. The Bertz CT molecular complexity index is 160. The second-order valence-electron chi connectivity index (χ2n) is 3.68. The summed E-state index contributed by atoms with van der Waals surface area (Å²) >= 11 is 0. The molecule has 56 valence electrons. The molecular formula is C9H14O. The van der Waals surface area contributed by atoms with E-state index in [0.717, 1.165) is 5.92 Å². The molecule has 0 aromatic carbocycles. The molecule has 10 heavy (non-hydrogen) atoms. The van der Waals surface area contributed by atoms with Gasteiger partial charge in [0.05, 0.1) is 6.10 Å². The summed E-state index contributed by atoms with van der Waals surface area (Å²) in [6.45, 7) is 1.92. The number of aliphatic hydroxyl groups excluding tert-OH is 1. The Balaban J connectivity index is 2.09. The highest BCUT2D eigenvalue weighted by atomic mass is 16.3. The maximum absolute atomic E-state index is 9.34. The number of allylic oxidation sites excluding steroid dienone is 2. The van der Waals surface area contributed by atoms with Crippen molar-refractivity contribution in [2.24, 2.45) is 17.8 Å². The molecule has 0 aromatic heterocycles. The van der Waals surface area contributed by atoms with Crippen LogP contribution in [0.25, 0.3) is 0 Å². The van der Waals surface area contributed by atoms with E-state index in [1.165, 1.54) is 12.8 Å². The van der Waals surface area contributed by atoms with Gasteiger partial charge in [-0.25, -0.2) is 0 Å². The molecule has 0 unspecified atom stereocenters. The molecule has 0 aliphatic heterocycles. The van der Waals surface area contributed by atoms with Crippen molar-refractivity contribution in [2.75, 3.05) is 0 Å². The van der Waals surface area contributed by atoms with Crippen LogP contribution in [0.2, 0.25) is 0 Å². The van der Waals surface area contributed by atoms with Gasteiger partial charge in [0.1, 0.15) is 0 Å². The fraction of sp³-hybridized carbons (Fsp3) is 0.778. The molecule has 2 bridgehead atoms. The third-order valence-electron chi connectivity index (χ3n) is 2.95. The van der Waals surface area contributed by atoms with Crippen molar-refractivity contribution in [3.63, 3.8) is 0 Å². The van der Waals surface area contributed by atoms with Crippen LogP contribution in [0.3, 0.4) is 0 Å². The first kappa shape index (κ1) is 6.41. The summed E-state index contributed by atoms with van der Waals surface area (Å²) in [7, 11) is 0. The van der Waals surface area contributed by atoms with Crippen LogP contribution in [0.5, 0.6) is 0 Å². The minimum atomic E-state index is -0.0973. The highest BCUT2D eigenvalue weighted by molar-refractivity contribution is 5.10. The van der Waals surface area contributed by atoms with Gasteiger partial charge in [0.25, 0.3) is 0 Å². The first-order valence-corrected chi connectivity index (χ1v) is 4.14. The van der Waals surface area contributed by atoms with Crippen LogP contribution in [0.4, 0.5) is 0 Å². The highest BCUT2D eigenvalue weighted by Crippen LogP contribution is 2.44. The lowest BCUT2D eigenvalue weighted by Crippen LogP contribution is -2.20. The van der Waals surface area contributed by atoms with Crippen molar-refractivity contribution >= 4 is 0 Å². The molecule has 0 heterocycles. The Kier molecular flexibility index (Phi) is 1.34. The largest absolute Gasteiger partial charge is 0.393 e. The van der Waals surface area contributed by atoms with Gasteiger partial charge in [-0.05, 0) is 37.5 Å². The molecule has 1 N–H and O–H groups in total. The van der Waals surface area contributed by atoms with E-state index >= 15 is 0 Å². The maximum atomic E-state index is 9.34. The standard InChI is InChI=1S/C9H14O/c1-6(10)9-5-7-2-3-8(9)4-7/h2-3,6-10H,4-5H2,1H3/t6-,7-,8+,9+/m0/s1. The van der Waals surface area contributed by atoms with E-state index in [0.29, 0.717) is 11.8 Å². The van der Waals surface area contributed by atoms with Gasteiger partial charge in [-0.3, -0.25) is 0 Å². The zero-order chi connectivity index (χ0) is 7.14. The molecular weight excluding hydrogens is 124 g/mol. The minimum Gasteiger partial charge on any atom is -0.393 e. The van der Waals surface area contributed by atoms with E-state index in [1.54, 1.807) is 0 Å². The summed E-state index contributed by atoms with van der Waals surface area (Å²) in [5.74, 6) is 2.06. The first-order chi connectivity index (χ1) is 4.77. The molecule has 0 spiro atoms. The number of aliphatic hydroxyl groups is 1. The zero-order valence-corrected chi connectivity index (χ0v) is 6.33. The summed E-state index contributed by atoms with van der Waals surface area (Å²) in [6.07, 6.45) is 7.02. The molecule has 1 heteroatoms. The average Bonchev–Trinajstić information content (AvgIpc) is 2.44. The van der Waals surface area contributed by atoms with Gasteiger partial charge in [0.2, 0.25) is 0 Å². The Hall–Kier alpha value is -0.300. The predicted octanol–water partition coefficient (Wildman–Crippen LogP) is 1.58. The van der Waals surface area contributed by atoms with Crippen molar-refractivity contribution in [3.8, 4) is 0 Å². The van der Waals surface area contributed by atoms with E-state index < -0.39 is 0 Å². The molecule has 2 aliphatic carbocycles. The molecule has 2 aliphatic rings. The molecule has 1 saturated carbocycles. The van der Waals surface area contributed by atoms with Crippen molar-refractivity contribution in [1.29, 1.82) is 0 Å². The molecule has 4 atom stereocenters. The zero-order valence-electron chi connectivity index (χ0n) is 6.33. The maximum Gasteiger partial charge on any atom is 0.0546 e. The summed E-state index contributed by atoms with van der Waals surface area (Å²) in [4.78, 5) is 0. The van der Waals surface area contributed by atoms with Gasteiger partial charge in [0, 0.05) is 0 Å². The predicted molar refractivity (Wildman–Crippen MR) is 40.5 cm³/mol. The van der Waals surface area contributed by atoms with E-state index in [2.05, 4.69) is 12.2 Å². The van der Waals surface area contributed by atoms with Crippen molar-refractivity contribution in [2.45, 2.75) is 25.9 Å². The third-order valence-corrected chi connectivity index (χ3v) is 2.95. The molecule has 1 fully saturated rings. The number of hydrogen-bond donors (Lipinski definition) is 1. The monoisotopic (exact) mass is 138 g/mol. The van der Waals surface area contributed by atoms with Gasteiger partial charge in [-0.2, -0.15) is 0 Å². The Morgan fingerprint density at radius 2 is 2.20 bits per heavy atom. The van der Waals surface area contributed by atoms with Crippen LogP contribution in [0.1, 0.15) is 19.8 Å². The lowest BCUT2D eigenvalue weighted by Gasteiger charge is -2.20. The van der Waals surface area contributed by atoms with Gasteiger partial charge in [0.15, 0.2) is 0 Å². The Labute approximate surface area is 61.8 Å². The number of hydrogen-bond acceptors (Lipinski definition) is 1. The molecule has 1 nitrogen and oxygen atoms in total. The molecule has 0 amide bonds. The smallest absolute Gasteiger partial charge is 0.0546 e. The minimum absolute atomic E-state index is 0.0973. The Morgan fingerprint density at radius 1 is 1.40 bits per heavy atom. The topological polar surface area (TPSA) is 20.2 Å². The van der Waals surface area contributed by atoms with Crippen molar-refractivity contribution < 1.29 is 5.11 Å². The SMILES string of the molecule is C[C@H](O)[C@H]1C[C@H]2C=C[C@@H]1C2. The van der Waals surface area contributed by atoms with E-state index in [1.807, 2.05) is 6.92 Å². The van der Waals surface area contributed by atoms with Crippen molar-refractivity contribution in [3.05, 3.63) is 12.2 Å². The van der Waals surface area contributed by atoms with Gasteiger partial charge < -0.3 is 5.11 Å². The van der Waals surface area contributed by atoms with Crippen LogP contribution in [0, 0.1) is 17.8 Å². The molecule has 2 rings (SSSR count). The van der Waals surface area contributed by atoms with Crippen molar-refractivity contribution in [1.82, 2.24) is 0 Å². The van der Waals surface area contributed by atoms with Crippen LogP contribution in [-0.4, -0.2) is 11.2 Å². The second-order valence-corrected chi connectivity index (χ2v) is 3.68. The fourth-order valence-corrected chi connectivity index (χ4v) is 2.38.